The van der Waals surface area contributed by atoms with E-state index in [2.05, 4.69) is 18.6 Å². The molecule has 0 bridgehead atoms. The molecule has 0 heterocycles. The first-order chi connectivity index (χ1) is 10.3. The van der Waals surface area contributed by atoms with Crippen LogP contribution in [0.5, 0.6) is 0 Å². The molecule has 1 rings (SSSR count). The third-order valence-corrected chi connectivity index (χ3v) is 4.10. The van der Waals surface area contributed by atoms with E-state index in [4.69, 9.17) is 4.74 Å². The maximum absolute atomic E-state index is 12.1. The first-order valence-corrected chi connectivity index (χ1v) is 9.06. The average Bonchev–Trinajstić information content (AvgIpc) is 2.46. The number of sulfonamides is 1. The Morgan fingerprint density at radius 2 is 1.64 bits per heavy atom. The van der Waals surface area contributed by atoms with Crippen molar-refractivity contribution >= 4 is 16.0 Å². The lowest BCUT2D eigenvalue weighted by Gasteiger charge is -2.15. The van der Waals surface area contributed by atoms with Crippen LogP contribution in [0.1, 0.15) is 46.1 Å². The van der Waals surface area contributed by atoms with Crippen molar-refractivity contribution in [3.05, 3.63) is 29.8 Å². The van der Waals surface area contributed by atoms with Gasteiger partial charge >= 0.3 is 5.97 Å². The van der Waals surface area contributed by atoms with Crippen molar-refractivity contribution < 1.29 is 17.9 Å². The molecule has 1 N–H and O–H groups in total. The lowest BCUT2D eigenvalue weighted by Crippen LogP contribution is -2.41. The lowest BCUT2D eigenvalue weighted by atomic mass is 10.2. The van der Waals surface area contributed by atoms with Crippen LogP contribution in [0.3, 0.4) is 0 Å². The van der Waals surface area contributed by atoms with Crippen molar-refractivity contribution in [2.45, 2.75) is 58.4 Å². The molecule has 1 aromatic rings. The summed E-state index contributed by atoms with van der Waals surface area (Å²) in [7, 11) is -3.70. The molecule has 0 saturated carbocycles. The minimum Gasteiger partial charge on any atom is -0.465 e. The van der Waals surface area contributed by atoms with Gasteiger partial charge in [0, 0.05) is 0 Å². The number of rotatable bonds is 6. The molecule has 0 aliphatic carbocycles. The lowest BCUT2D eigenvalue weighted by molar-refractivity contribution is -0.145. The highest BCUT2D eigenvalue weighted by Crippen LogP contribution is 2.11. The molecule has 0 saturated heterocycles. The normalized spacial score (nSPS) is 12.0. The minimum atomic E-state index is -3.70. The second-order valence-corrected chi connectivity index (χ2v) is 6.57. The first-order valence-electron chi connectivity index (χ1n) is 7.57. The van der Waals surface area contributed by atoms with E-state index >= 15 is 0 Å². The predicted octanol–water partition coefficient (Wildman–Crippen LogP) is 3.03. The number of esters is 1. The van der Waals surface area contributed by atoms with Gasteiger partial charge in [0.25, 0.3) is 0 Å². The average molecular weight is 329 g/mol. The monoisotopic (exact) mass is 329 g/mol. The Bertz CT molecular complexity index is 538. The molecule has 0 aliphatic rings. The van der Waals surface area contributed by atoms with Gasteiger partial charge in [-0.05, 0) is 32.4 Å². The van der Waals surface area contributed by atoms with Gasteiger partial charge in [0.15, 0.2) is 0 Å². The summed E-state index contributed by atoms with van der Waals surface area (Å²) in [5.74, 6) is -0.555. The van der Waals surface area contributed by atoms with E-state index in [1.165, 1.54) is 18.6 Å². The molecule has 5 nitrogen and oxygen atoms in total. The van der Waals surface area contributed by atoms with Crippen molar-refractivity contribution in [1.29, 1.82) is 0 Å². The summed E-state index contributed by atoms with van der Waals surface area (Å²) in [4.78, 5) is 11.7. The highest BCUT2D eigenvalue weighted by Gasteiger charge is 2.25. The van der Waals surface area contributed by atoms with E-state index in [-0.39, 0.29) is 11.5 Å². The van der Waals surface area contributed by atoms with Gasteiger partial charge in [0.05, 0.1) is 11.5 Å². The van der Waals surface area contributed by atoms with E-state index in [1.54, 1.807) is 26.0 Å². The van der Waals surface area contributed by atoms with Crippen LogP contribution in [0.2, 0.25) is 0 Å². The Hall–Kier alpha value is -1.40. The van der Waals surface area contributed by atoms with E-state index in [1.807, 2.05) is 6.92 Å². The van der Waals surface area contributed by atoms with Gasteiger partial charge < -0.3 is 4.74 Å². The number of benzene rings is 1. The molecule has 22 heavy (non-hydrogen) atoms. The molecule has 0 radical (unpaired) electrons. The fraction of sp³-hybridized carbons (Fsp3) is 0.562. The van der Waals surface area contributed by atoms with Crippen molar-refractivity contribution in [3.8, 4) is 0 Å². The second kappa shape index (κ2) is 10.3. The summed E-state index contributed by atoms with van der Waals surface area (Å²) >= 11 is 0. The zero-order chi connectivity index (χ0) is 17.2. The number of carbonyl (C=O) groups excluding carboxylic acids is 1. The van der Waals surface area contributed by atoms with Crippen molar-refractivity contribution in [2.75, 3.05) is 6.61 Å². The van der Waals surface area contributed by atoms with Crippen molar-refractivity contribution in [2.24, 2.45) is 0 Å². The van der Waals surface area contributed by atoms with Crippen LogP contribution < -0.4 is 4.72 Å². The molecule has 6 heteroatoms. The van der Waals surface area contributed by atoms with Gasteiger partial charge in [-0.15, -0.1) is 0 Å². The van der Waals surface area contributed by atoms with Gasteiger partial charge in [0.2, 0.25) is 10.0 Å². The molecule has 1 unspecified atom stereocenters. The maximum Gasteiger partial charge on any atom is 0.324 e. The highest BCUT2D eigenvalue weighted by atomic mass is 32.2. The number of aryl methyl sites for hydroxylation is 1. The van der Waals surface area contributed by atoms with Crippen LogP contribution in [0.15, 0.2) is 29.2 Å². The summed E-state index contributed by atoms with van der Waals surface area (Å²) in [6.07, 6.45) is 1.59. The van der Waals surface area contributed by atoms with Gasteiger partial charge in [-0.2, -0.15) is 4.72 Å². The molecule has 0 spiro atoms. The van der Waals surface area contributed by atoms with Crippen LogP contribution in [0.4, 0.5) is 0 Å². The van der Waals surface area contributed by atoms with Crippen LogP contribution in [-0.4, -0.2) is 27.0 Å². The largest absolute Gasteiger partial charge is 0.465 e. The summed E-state index contributed by atoms with van der Waals surface area (Å²) in [6.45, 7) is 9.75. The maximum atomic E-state index is 12.1. The zero-order valence-corrected chi connectivity index (χ0v) is 14.9. The molecule has 1 aromatic carbocycles. The van der Waals surface area contributed by atoms with Gasteiger partial charge in [-0.3, -0.25) is 4.79 Å². The third kappa shape index (κ3) is 7.04. The first kappa shape index (κ1) is 20.6. The summed E-state index contributed by atoms with van der Waals surface area (Å²) in [5.41, 5.74) is 0.969. The summed E-state index contributed by atoms with van der Waals surface area (Å²) in [6, 6.07) is 5.58. The van der Waals surface area contributed by atoms with Crippen LogP contribution >= 0.6 is 0 Å². The van der Waals surface area contributed by atoms with Gasteiger partial charge in [-0.25, -0.2) is 8.42 Å². The van der Waals surface area contributed by atoms with E-state index in [9.17, 15) is 13.2 Å². The minimum absolute atomic E-state index is 0.140. The Balaban J connectivity index is 0.00000135. The predicted molar refractivity (Wildman–Crippen MR) is 88.2 cm³/mol. The van der Waals surface area contributed by atoms with Crippen molar-refractivity contribution in [3.63, 3.8) is 0 Å². The Morgan fingerprint density at radius 1 is 1.14 bits per heavy atom. The molecule has 0 aromatic heterocycles. The Kier molecular flexibility index (Phi) is 9.69. The van der Waals surface area contributed by atoms with Crippen LogP contribution in [-0.2, 0) is 19.6 Å². The third-order valence-electron chi connectivity index (χ3n) is 2.61. The topological polar surface area (TPSA) is 72.5 Å². The number of hydrogen-bond donors (Lipinski definition) is 1. The molecule has 0 fully saturated rings. The van der Waals surface area contributed by atoms with E-state index in [0.29, 0.717) is 6.42 Å². The summed E-state index contributed by atoms with van der Waals surface area (Å²) in [5, 5.41) is 0. The molecule has 126 valence electrons. The number of nitrogens with one attached hydrogen (secondary N) is 1. The van der Waals surface area contributed by atoms with Gasteiger partial charge in [0.1, 0.15) is 6.04 Å². The highest BCUT2D eigenvalue weighted by molar-refractivity contribution is 7.89. The standard InChI is InChI=1S/C13H19NO4S.C3H8/c1-4-12(13(15)18-5-2)14-19(16,17)11-8-6-10(3)7-9-11;1-3-2/h6-9,12,14H,4-5H2,1-3H3;3H2,1-2H3. The molecular formula is C16H27NO4S. The molecular weight excluding hydrogens is 302 g/mol. The summed E-state index contributed by atoms with van der Waals surface area (Å²) < 4.78 is 31.4. The zero-order valence-electron chi connectivity index (χ0n) is 14.0. The molecule has 1 atom stereocenters. The number of hydrogen-bond acceptors (Lipinski definition) is 4. The Morgan fingerprint density at radius 3 is 2.05 bits per heavy atom. The van der Waals surface area contributed by atoms with E-state index in [0.717, 1.165) is 5.56 Å². The second-order valence-electron chi connectivity index (χ2n) is 4.85. The fourth-order valence-corrected chi connectivity index (χ4v) is 2.78. The fourth-order valence-electron chi connectivity index (χ4n) is 1.51. The van der Waals surface area contributed by atoms with Gasteiger partial charge in [-0.1, -0.05) is 44.9 Å². The number of ether oxygens (including phenoxy) is 1. The number of carbonyl (C=O) groups is 1. The Labute approximate surface area is 134 Å². The molecule has 0 aliphatic heterocycles. The van der Waals surface area contributed by atoms with Crippen molar-refractivity contribution in [1.82, 2.24) is 4.72 Å². The smallest absolute Gasteiger partial charge is 0.324 e. The van der Waals surface area contributed by atoms with Crippen LogP contribution in [0, 0.1) is 6.92 Å². The quantitative estimate of drug-likeness (QED) is 0.814. The SMILES string of the molecule is CCC.CCOC(=O)C(CC)NS(=O)(=O)c1ccc(C)cc1. The van der Waals surface area contributed by atoms with Crippen LogP contribution in [0.25, 0.3) is 0 Å². The molecule has 0 amide bonds. The van der Waals surface area contributed by atoms with E-state index < -0.39 is 22.0 Å².